The number of carbonyl (C=O) groups is 3. The molecule has 8 heteroatoms. The van der Waals surface area contributed by atoms with Gasteiger partial charge in [-0.1, -0.05) is 41.4 Å². The van der Waals surface area contributed by atoms with Gasteiger partial charge in [0.25, 0.3) is 5.91 Å². The van der Waals surface area contributed by atoms with Crippen molar-refractivity contribution in [1.29, 1.82) is 0 Å². The molecule has 0 spiro atoms. The summed E-state index contributed by atoms with van der Waals surface area (Å²) < 4.78 is 5.05. The maximum absolute atomic E-state index is 12.2. The molecule has 0 saturated carbocycles. The number of halogens is 2. The van der Waals surface area contributed by atoms with E-state index in [2.05, 4.69) is 5.32 Å². The second-order valence-corrected chi connectivity index (χ2v) is 7.01. The number of Topliss-reactive ketones (excluding diaryl/α,β-unsaturated/α-hetero) is 1. The molecule has 0 aromatic heterocycles. The molecule has 0 aliphatic carbocycles. The average Bonchev–Trinajstić information content (AvgIpc) is 2.62. The Labute approximate surface area is 165 Å². The summed E-state index contributed by atoms with van der Waals surface area (Å²) >= 11 is 13.1. The molecule has 0 bridgehead atoms. The Kier molecular flexibility index (Phi) is 7.50. The van der Waals surface area contributed by atoms with E-state index >= 15 is 0 Å². The van der Waals surface area contributed by atoms with Crippen molar-refractivity contribution in [2.45, 2.75) is 11.8 Å². The summed E-state index contributed by atoms with van der Waals surface area (Å²) in [5.41, 5.74) is 0.630. The molecule has 1 amide bonds. The van der Waals surface area contributed by atoms with E-state index in [-0.39, 0.29) is 16.6 Å². The van der Waals surface area contributed by atoms with Gasteiger partial charge in [0.15, 0.2) is 6.61 Å². The van der Waals surface area contributed by atoms with Gasteiger partial charge in [-0.2, -0.15) is 0 Å². The molecule has 5 nitrogen and oxygen atoms in total. The highest BCUT2D eigenvalue weighted by atomic mass is 35.5. The van der Waals surface area contributed by atoms with Crippen LogP contribution in [0.3, 0.4) is 0 Å². The van der Waals surface area contributed by atoms with E-state index < -0.39 is 18.5 Å². The lowest BCUT2D eigenvalue weighted by atomic mass is 10.2. The van der Waals surface area contributed by atoms with Gasteiger partial charge in [0.05, 0.1) is 27.0 Å². The quantitative estimate of drug-likeness (QED) is 0.537. The maximum Gasteiger partial charge on any atom is 0.339 e. The summed E-state index contributed by atoms with van der Waals surface area (Å²) in [6.07, 6.45) is 0. The zero-order valence-electron chi connectivity index (χ0n) is 13.8. The molecular weight excluding hydrogens is 397 g/mol. The Morgan fingerprint density at radius 1 is 1.08 bits per heavy atom. The summed E-state index contributed by atoms with van der Waals surface area (Å²) in [6, 6.07) is 11.6. The van der Waals surface area contributed by atoms with Crippen LogP contribution in [0.4, 0.5) is 5.69 Å². The van der Waals surface area contributed by atoms with Crippen molar-refractivity contribution in [3.05, 3.63) is 58.1 Å². The lowest BCUT2D eigenvalue weighted by Crippen LogP contribution is -2.21. The predicted molar refractivity (Wildman–Crippen MR) is 103 cm³/mol. The zero-order valence-corrected chi connectivity index (χ0v) is 16.1. The molecule has 1 N–H and O–H groups in total. The van der Waals surface area contributed by atoms with E-state index in [1.165, 1.54) is 18.7 Å². The Morgan fingerprint density at radius 3 is 2.54 bits per heavy atom. The molecule has 2 rings (SSSR count). The summed E-state index contributed by atoms with van der Waals surface area (Å²) in [4.78, 5) is 36.0. The van der Waals surface area contributed by atoms with Gasteiger partial charge in [-0.25, -0.2) is 4.79 Å². The van der Waals surface area contributed by atoms with Gasteiger partial charge in [0.2, 0.25) is 0 Å². The number of anilines is 1. The largest absolute Gasteiger partial charge is 0.452 e. The van der Waals surface area contributed by atoms with Crippen molar-refractivity contribution >= 4 is 58.3 Å². The van der Waals surface area contributed by atoms with Crippen LogP contribution in [0.1, 0.15) is 17.3 Å². The zero-order chi connectivity index (χ0) is 19.1. The van der Waals surface area contributed by atoms with Crippen LogP contribution in [0.5, 0.6) is 0 Å². The van der Waals surface area contributed by atoms with Gasteiger partial charge in [-0.3, -0.25) is 9.59 Å². The number of ether oxygens (including phenoxy) is 1. The van der Waals surface area contributed by atoms with Gasteiger partial charge in [0.1, 0.15) is 5.78 Å². The van der Waals surface area contributed by atoms with E-state index in [1.807, 2.05) is 0 Å². The van der Waals surface area contributed by atoms with Crippen LogP contribution in [0.15, 0.2) is 47.4 Å². The van der Waals surface area contributed by atoms with E-state index in [0.717, 1.165) is 0 Å². The molecule has 0 heterocycles. The lowest BCUT2D eigenvalue weighted by Gasteiger charge is -2.10. The molecule has 0 unspecified atom stereocenters. The second kappa shape index (κ2) is 9.62. The molecule has 136 valence electrons. The third kappa shape index (κ3) is 5.76. The fourth-order valence-corrected chi connectivity index (χ4v) is 3.12. The first-order chi connectivity index (χ1) is 12.4. The molecule has 26 heavy (non-hydrogen) atoms. The number of hydrogen-bond donors (Lipinski definition) is 1. The number of carbonyl (C=O) groups excluding carboxylic acids is 3. The first kappa shape index (κ1) is 20.3. The molecule has 0 atom stereocenters. The smallest absolute Gasteiger partial charge is 0.339 e. The average molecular weight is 412 g/mol. The number of esters is 1. The molecule has 0 fully saturated rings. The molecule has 2 aromatic rings. The summed E-state index contributed by atoms with van der Waals surface area (Å²) in [7, 11) is 0. The maximum atomic E-state index is 12.2. The highest BCUT2D eigenvalue weighted by Crippen LogP contribution is 2.29. The normalized spacial score (nSPS) is 10.3. The van der Waals surface area contributed by atoms with Crippen molar-refractivity contribution in [3.8, 4) is 0 Å². The Bertz CT molecular complexity index is 842. The van der Waals surface area contributed by atoms with Crippen LogP contribution in [0, 0.1) is 0 Å². The lowest BCUT2D eigenvalue weighted by molar-refractivity contribution is -0.119. The minimum absolute atomic E-state index is 0.00375. The number of thioether (sulfide) groups is 1. The molecule has 0 aliphatic rings. The van der Waals surface area contributed by atoms with E-state index in [0.29, 0.717) is 21.2 Å². The number of amides is 1. The van der Waals surface area contributed by atoms with E-state index in [4.69, 9.17) is 27.9 Å². The Hall–Kier alpha value is -2.02. The summed E-state index contributed by atoms with van der Waals surface area (Å²) in [6.45, 7) is 0.993. The third-order valence-electron chi connectivity index (χ3n) is 3.10. The Morgan fingerprint density at radius 2 is 1.81 bits per heavy atom. The van der Waals surface area contributed by atoms with Gasteiger partial charge >= 0.3 is 5.97 Å². The van der Waals surface area contributed by atoms with E-state index in [1.54, 1.807) is 42.5 Å². The third-order valence-corrected chi connectivity index (χ3v) is 5.13. The van der Waals surface area contributed by atoms with Crippen molar-refractivity contribution in [2.75, 3.05) is 17.7 Å². The molecule has 0 saturated heterocycles. The van der Waals surface area contributed by atoms with Crippen molar-refractivity contribution < 1.29 is 19.1 Å². The van der Waals surface area contributed by atoms with Gasteiger partial charge < -0.3 is 10.1 Å². The minimum Gasteiger partial charge on any atom is -0.452 e. The topological polar surface area (TPSA) is 72.5 Å². The molecule has 0 radical (unpaired) electrons. The number of ketones is 1. The first-order valence-electron chi connectivity index (χ1n) is 7.50. The van der Waals surface area contributed by atoms with Crippen molar-refractivity contribution in [1.82, 2.24) is 0 Å². The fourth-order valence-electron chi connectivity index (χ4n) is 1.94. The number of hydrogen-bond acceptors (Lipinski definition) is 5. The number of nitrogens with one attached hydrogen (secondary N) is 1. The van der Waals surface area contributed by atoms with Crippen molar-refractivity contribution in [2.24, 2.45) is 0 Å². The predicted octanol–water partition coefficient (Wildman–Crippen LogP) is 4.47. The minimum atomic E-state index is -0.649. The SMILES string of the molecule is CC(=O)CSc1ccccc1C(=O)OCC(=O)Nc1cccc(Cl)c1Cl. The Balaban J connectivity index is 1.97. The van der Waals surface area contributed by atoms with Crippen LogP contribution >= 0.6 is 35.0 Å². The van der Waals surface area contributed by atoms with Crippen LogP contribution in [0.25, 0.3) is 0 Å². The van der Waals surface area contributed by atoms with Crippen LogP contribution in [0.2, 0.25) is 10.0 Å². The fraction of sp³-hybridized carbons (Fsp3) is 0.167. The second-order valence-electron chi connectivity index (χ2n) is 5.21. The van der Waals surface area contributed by atoms with Crippen LogP contribution in [-0.4, -0.2) is 30.0 Å². The summed E-state index contributed by atoms with van der Waals surface area (Å²) in [5, 5.41) is 3.04. The molecule has 2 aromatic carbocycles. The molecular formula is C18H15Cl2NO4S. The standard InChI is InChI=1S/C18H15Cl2NO4S/c1-11(22)10-26-15-8-3-2-5-12(15)18(24)25-9-16(23)21-14-7-4-6-13(19)17(14)20/h2-8H,9-10H2,1H3,(H,21,23). The van der Waals surface area contributed by atoms with Crippen LogP contribution < -0.4 is 5.32 Å². The van der Waals surface area contributed by atoms with Crippen molar-refractivity contribution in [3.63, 3.8) is 0 Å². The van der Waals surface area contributed by atoms with Crippen LogP contribution in [-0.2, 0) is 14.3 Å². The van der Waals surface area contributed by atoms with E-state index in [9.17, 15) is 14.4 Å². The van der Waals surface area contributed by atoms with Gasteiger partial charge in [-0.15, -0.1) is 11.8 Å². The highest BCUT2D eigenvalue weighted by Gasteiger charge is 2.16. The molecule has 0 aliphatic heterocycles. The first-order valence-corrected chi connectivity index (χ1v) is 9.25. The number of benzene rings is 2. The monoisotopic (exact) mass is 411 g/mol. The highest BCUT2D eigenvalue weighted by molar-refractivity contribution is 8.00. The number of rotatable bonds is 7. The van der Waals surface area contributed by atoms with Gasteiger partial charge in [0, 0.05) is 4.90 Å². The summed E-state index contributed by atoms with van der Waals surface area (Å²) in [5.74, 6) is -0.950. The van der Waals surface area contributed by atoms with Gasteiger partial charge in [-0.05, 0) is 31.2 Å².